The molecule has 4 heterocycles. The van der Waals surface area contributed by atoms with Gasteiger partial charge in [-0.1, -0.05) is 0 Å². The second kappa shape index (κ2) is 6.28. The van der Waals surface area contributed by atoms with Crippen LogP contribution in [0.3, 0.4) is 0 Å². The monoisotopic (exact) mass is 344 g/mol. The largest absolute Gasteiger partial charge is 0.345 e. The van der Waals surface area contributed by atoms with Crippen molar-refractivity contribution in [2.24, 2.45) is 5.92 Å². The van der Waals surface area contributed by atoms with E-state index < -0.39 is 0 Å². The predicted molar refractivity (Wildman–Crippen MR) is 91.1 cm³/mol. The van der Waals surface area contributed by atoms with Crippen LogP contribution < -0.4 is 5.56 Å². The van der Waals surface area contributed by atoms with Crippen LogP contribution in [-0.4, -0.2) is 57.8 Å². The van der Waals surface area contributed by atoms with E-state index >= 15 is 0 Å². The van der Waals surface area contributed by atoms with Gasteiger partial charge < -0.3 is 14.4 Å². The number of hydrogen-bond donors (Lipinski definition) is 0. The van der Waals surface area contributed by atoms with Gasteiger partial charge >= 0.3 is 0 Å². The number of likely N-dealkylation sites (tertiary alicyclic amines) is 2. The molecule has 0 aromatic carbocycles. The summed E-state index contributed by atoms with van der Waals surface area (Å²) in [5, 5.41) is 0. The van der Waals surface area contributed by atoms with Crippen LogP contribution in [0, 0.1) is 5.92 Å². The average Bonchev–Trinajstić information content (AvgIpc) is 3.20. The highest BCUT2D eigenvalue weighted by Crippen LogP contribution is 2.30. The first-order chi connectivity index (χ1) is 12.0. The first kappa shape index (κ1) is 16.3. The molecule has 2 fully saturated rings. The molecule has 2 atom stereocenters. The van der Waals surface area contributed by atoms with E-state index in [1.165, 1.54) is 0 Å². The molecule has 3 aliphatic heterocycles. The lowest BCUT2D eigenvalue weighted by molar-refractivity contribution is -0.137. The number of carbonyl (C=O) groups excluding carboxylic acids is 2. The maximum atomic E-state index is 12.8. The number of aryl methyl sites for hydroxylation is 1. The molecule has 3 aliphatic rings. The molecule has 0 N–H and O–H groups in total. The normalized spacial score (nSPS) is 26.2. The molecule has 1 aromatic rings. The molecule has 0 aliphatic carbocycles. The summed E-state index contributed by atoms with van der Waals surface area (Å²) in [6.07, 6.45) is 4.11. The van der Waals surface area contributed by atoms with Gasteiger partial charge in [0.05, 0.1) is 5.92 Å². The SMILES string of the molecule is CN1C[C@@H](C(=O)N2CCC[C@@H](c3cc(=O)nc4n3CCC4)C2)CC1=O. The van der Waals surface area contributed by atoms with Crippen LogP contribution in [0.1, 0.15) is 43.1 Å². The maximum Gasteiger partial charge on any atom is 0.273 e. The molecule has 0 saturated carbocycles. The number of piperidine rings is 1. The minimum Gasteiger partial charge on any atom is -0.345 e. The third kappa shape index (κ3) is 2.96. The summed E-state index contributed by atoms with van der Waals surface area (Å²) in [5.41, 5.74) is 0.860. The van der Waals surface area contributed by atoms with Gasteiger partial charge in [-0.2, -0.15) is 4.98 Å². The summed E-state index contributed by atoms with van der Waals surface area (Å²) in [4.78, 5) is 44.2. The first-order valence-corrected chi connectivity index (χ1v) is 9.16. The zero-order chi connectivity index (χ0) is 17.6. The fourth-order valence-electron chi connectivity index (χ4n) is 4.46. The number of amides is 2. The zero-order valence-corrected chi connectivity index (χ0v) is 14.6. The standard InChI is InChI=1S/C18H24N4O3/c1-20-10-13(8-17(20)24)18(25)21-6-2-4-12(11-21)14-9-16(23)19-15-5-3-7-22(14)15/h9,12-13H,2-8,10-11H2,1H3/t12-,13+/m1/s1. The number of nitrogens with zero attached hydrogens (tertiary/aromatic N) is 4. The van der Waals surface area contributed by atoms with Gasteiger partial charge in [0.1, 0.15) is 5.82 Å². The van der Waals surface area contributed by atoms with Gasteiger partial charge in [0.15, 0.2) is 0 Å². The second-order valence-electron chi connectivity index (χ2n) is 7.49. The highest BCUT2D eigenvalue weighted by atomic mass is 16.2. The van der Waals surface area contributed by atoms with E-state index in [4.69, 9.17) is 0 Å². The minimum atomic E-state index is -0.220. The van der Waals surface area contributed by atoms with E-state index in [1.54, 1.807) is 18.0 Å². The van der Waals surface area contributed by atoms with E-state index in [9.17, 15) is 14.4 Å². The smallest absolute Gasteiger partial charge is 0.273 e. The first-order valence-electron chi connectivity index (χ1n) is 9.16. The molecule has 1 aromatic heterocycles. The van der Waals surface area contributed by atoms with E-state index in [-0.39, 0.29) is 29.2 Å². The Kier molecular flexibility index (Phi) is 4.09. The molecule has 7 nitrogen and oxygen atoms in total. The third-order valence-electron chi connectivity index (χ3n) is 5.76. The van der Waals surface area contributed by atoms with Gasteiger partial charge in [-0.3, -0.25) is 14.4 Å². The average molecular weight is 344 g/mol. The van der Waals surface area contributed by atoms with Crippen LogP contribution in [0.2, 0.25) is 0 Å². The summed E-state index contributed by atoms with van der Waals surface area (Å²) in [5.74, 6) is 0.974. The highest BCUT2D eigenvalue weighted by molar-refractivity contribution is 5.89. The Morgan fingerprint density at radius 1 is 1.20 bits per heavy atom. The van der Waals surface area contributed by atoms with E-state index in [0.717, 1.165) is 50.3 Å². The Morgan fingerprint density at radius 2 is 2.04 bits per heavy atom. The molecular formula is C18H24N4O3. The number of rotatable bonds is 2. The zero-order valence-electron chi connectivity index (χ0n) is 14.6. The Morgan fingerprint density at radius 3 is 2.80 bits per heavy atom. The van der Waals surface area contributed by atoms with Gasteiger partial charge in [0.2, 0.25) is 11.8 Å². The molecule has 2 amide bonds. The predicted octanol–water partition coefficient (Wildman–Crippen LogP) is 0.374. The molecule has 0 spiro atoms. The van der Waals surface area contributed by atoms with Crippen molar-refractivity contribution in [2.75, 3.05) is 26.7 Å². The fourth-order valence-corrected chi connectivity index (χ4v) is 4.46. The Labute approximate surface area is 146 Å². The quantitative estimate of drug-likeness (QED) is 0.777. The summed E-state index contributed by atoms with van der Waals surface area (Å²) < 4.78 is 2.17. The molecule has 25 heavy (non-hydrogen) atoms. The van der Waals surface area contributed by atoms with Gasteiger partial charge in [-0.25, -0.2) is 0 Å². The molecular weight excluding hydrogens is 320 g/mol. The van der Waals surface area contributed by atoms with Crippen molar-refractivity contribution in [3.63, 3.8) is 0 Å². The van der Waals surface area contributed by atoms with Gasteiger partial charge in [-0.15, -0.1) is 0 Å². The maximum absolute atomic E-state index is 12.8. The topological polar surface area (TPSA) is 75.5 Å². The van der Waals surface area contributed by atoms with Crippen LogP contribution in [-0.2, 0) is 22.6 Å². The summed E-state index contributed by atoms with van der Waals surface area (Å²) >= 11 is 0. The molecule has 0 radical (unpaired) electrons. The van der Waals surface area contributed by atoms with Gasteiger partial charge in [0.25, 0.3) is 5.56 Å². The van der Waals surface area contributed by atoms with Crippen molar-refractivity contribution in [3.8, 4) is 0 Å². The van der Waals surface area contributed by atoms with Crippen LogP contribution in [0.5, 0.6) is 0 Å². The van der Waals surface area contributed by atoms with E-state index in [1.807, 2.05) is 4.90 Å². The van der Waals surface area contributed by atoms with Crippen molar-refractivity contribution < 1.29 is 9.59 Å². The summed E-state index contributed by atoms with van der Waals surface area (Å²) in [6.45, 7) is 2.80. The fraction of sp³-hybridized carbons (Fsp3) is 0.667. The lowest BCUT2D eigenvalue weighted by Crippen LogP contribution is -2.43. The van der Waals surface area contributed by atoms with Crippen LogP contribution >= 0.6 is 0 Å². The number of carbonyl (C=O) groups is 2. The molecule has 2 saturated heterocycles. The summed E-state index contributed by atoms with van der Waals surface area (Å²) in [7, 11) is 1.75. The van der Waals surface area contributed by atoms with Crippen molar-refractivity contribution in [3.05, 3.63) is 27.9 Å². The van der Waals surface area contributed by atoms with E-state index in [2.05, 4.69) is 9.55 Å². The second-order valence-corrected chi connectivity index (χ2v) is 7.49. The Bertz CT molecular complexity index is 772. The Hall–Kier alpha value is -2.18. The van der Waals surface area contributed by atoms with Gasteiger partial charge in [0, 0.05) is 63.7 Å². The number of aromatic nitrogens is 2. The van der Waals surface area contributed by atoms with Crippen LogP contribution in [0.4, 0.5) is 0 Å². The summed E-state index contributed by atoms with van der Waals surface area (Å²) in [6, 6.07) is 1.65. The van der Waals surface area contributed by atoms with Gasteiger partial charge in [-0.05, 0) is 19.3 Å². The van der Waals surface area contributed by atoms with Crippen molar-refractivity contribution >= 4 is 11.8 Å². The number of fused-ring (bicyclic) bond motifs is 1. The lowest BCUT2D eigenvalue weighted by Gasteiger charge is -2.35. The van der Waals surface area contributed by atoms with Crippen molar-refractivity contribution in [1.29, 1.82) is 0 Å². The van der Waals surface area contributed by atoms with Crippen molar-refractivity contribution in [1.82, 2.24) is 19.4 Å². The van der Waals surface area contributed by atoms with Crippen molar-refractivity contribution in [2.45, 2.75) is 44.6 Å². The van der Waals surface area contributed by atoms with Crippen LogP contribution in [0.25, 0.3) is 0 Å². The molecule has 0 bridgehead atoms. The molecule has 0 unspecified atom stereocenters. The molecule has 7 heteroatoms. The minimum absolute atomic E-state index is 0.0467. The molecule has 4 rings (SSSR count). The van der Waals surface area contributed by atoms with E-state index in [0.29, 0.717) is 19.5 Å². The number of hydrogen-bond acceptors (Lipinski definition) is 4. The molecule has 134 valence electrons. The third-order valence-corrected chi connectivity index (χ3v) is 5.76. The highest BCUT2D eigenvalue weighted by Gasteiger charge is 2.37. The Balaban J connectivity index is 1.53. The van der Waals surface area contributed by atoms with Crippen LogP contribution in [0.15, 0.2) is 10.9 Å². The lowest BCUT2D eigenvalue weighted by atomic mass is 9.93.